The molecule has 0 spiro atoms. The lowest BCUT2D eigenvalue weighted by Gasteiger charge is -2.36. The molecular formula is C17H19N5OS. The average Bonchev–Trinajstić information content (AvgIpc) is 3.25. The van der Waals surface area contributed by atoms with Crippen LogP contribution in [0.3, 0.4) is 0 Å². The molecule has 1 aliphatic rings. The van der Waals surface area contributed by atoms with E-state index < -0.39 is 0 Å². The minimum atomic E-state index is 0.159. The fourth-order valence-corrected chi connectivity index (χ4v) is 4.13. The fraction of sp³-hybridized carbons (Fsp3) is 0.353. The predicted octanol–water partition coefficient (Wildman–Crippen LogP) is 2.62. The summed E-state index contributed by atoms with van der Waals surface area (Å²) in [6, 6.07) is 10.1. The van der Waals surface area contributed by atoms with Gasteiger partial charge >= 0.3 is 0 Å². The van der Waals surface area contributed by atoms with Crippen molar-refractivity contribution in [1.29, 1.82) is 0 Å². The number of carbonyl (C=O) groups is 1. The Hall–Kier alpha value is -2.28. The minimum Gasteiger partial charge on any atom is -0.348 e. The van der Waals surface area contributed by atoms with Gasteiger partial charge in [0.25, 0.3) is 0 Å². The molecule has 4 rings (SSSR count). The largest absolute Gasteiger partial charge is 0.348 e. The average molecular weight is 341 g/mol. The number of hydrogen-bond acceptors (Lipinski definition) is 4. The van der Waals surface area contributed by atoms with E-state index in [-0.39, 0.29) is 11.9 Å². The summed E-state index contributed by atoms with van der Waals surface area (Å²) in [7, 11) is 0. The number of aromatic nitrogens is 4. The second kappa shape index (κ2) is 6.32. The quantitative estimate of drug-likeness (QED) is 0.685. The van der Waals surface area contributed by atoms with Crippen LogP contribution in [0.4, 0.5) is 0 Å². The molecule has 3 aromatic heterocycles. The van der Waals surface area contributed by atoms with Crippen molar-refractivity contribution in [3.63, 3.8) is 0 Å². The van der Waals surface area contributed by atoms with E-state index in [0.717, 1.165) is 30.3 Å². The van der Waals surface area contributed by atoms with Crippen LogP contribution in [0.25, 0.3) is 5.65 Å². The summed E-state index contributed by atoms with van der Waals surface area (Å²) < 4.78 is 4.16. The Morgan fingerprint density at radius 1 is 1.21 bits per heavy atom. The Morgan fingerprint density at radius 3 is 3.00 bits per heavy atom. The van der Waals surface area contributed by atoms with E-state index in [1.54, 1.807) is 0 Å². The molecule has 1 amide bonds. The number of thioether (sulfide) groups is 1. The first-order valence-corrected chi connectivity index (χ1v) is 9.13. The van der Waals surface area contributed by atoms with Crippen LogP contribution in [0.1, 0.15) is 25.1 Å². The topological polar surface area (TPSA) is 55.4 Å². The highest BCUT2D eigenvalue weighted by molar-refractivity contribution is 7.99. The molecule has 0 aromatic carbocycles. The molecule has 0 fully saturated rings. The van der Waals surface area contributed by atoms with E-state index in [9.17, 15) is 4.79 Å². The number of hydrogen-bond donors (Lipinski definition) is 0. The summed E-state index contributed by atoms with van der Waals surface area (Å²) >= 11 is 1.45. The van der Waals surface area contributed by atoms with Gasteiger partial charge in [0, 0.05) is 31.2 Å². The highest BCUT2D eigenvalue weighted by atomic mass is 32.2. The Bertz CT molecular complexity index is 871. The molecule has 7 heteroatoms. The Labute approximate surface area is 144 Å². The lowest BCUT2D eigenvalue weighted by Crippen LogP contribution is -2.42. The Balaban J connectivity index is 1.48. The van der Waals surface area contributed by atoms with Gasteiger partial charge in [0.15, 0.2) is 10.8 Å². The van der Waals surface area contributed by atoms with Gasteiger partial charge in [-0.1, -0.05) is 24.8 Å². The van der Waals surface area contributed by atoms with Crippen LogP contribution in [0.2, 0.25) is 0 Å². The van der Waals surface area contributed by atoms with Crippen molar-refractivity contribution in [2.45, 2.75) is 31.1 Å². The molecule has 24 heavy (non-hydrogen) atoms. The van der Waals surface area contributed by atoms with Gasteiger partial charge < -0.3 is 9.47 Å². The van der Waals surface area contributed by atoms with Crippen LogP contribution in [0, 0.1) is 0 Å². The summed E-state index contributed by atoms with van der Waals surface area (Å²) in [6.07, 6.45) is 4.94. The standard InChI is InChI=1S/C17H19N5OS/c1-2-13-14-6-5-8-20(14)10-11-21(13)16(23)12-24-17-19-18-15-7-3-4-9-22(15)17/h3-9,13H,2,10-12H2,1H3/t13-/m1/s1. The monoisotopic (exact) mass is 341 g/mol. The number of pyridine rings is 1. The van der Waals surface area contributed by atoms with E-state index in [2.05, 4.69) is 40.0 Å². The van der Waals surface area contributed by atoms with E-state index in [4.69, 9.17) is 0 Å². The van der Waals surface area contributed by atoms with Crippen LogP contribution in [-0.4, -0.2) is 42.3 Å². The van der Waals surface area contributed by atoms with Gasteiger partial charge in [0.05, 0.1) is 11.8 Å². The smallest absolute Gasteiger partial charge is 0.233 e. The highest BCUT2D eigenvalue weighted by Gasteiger charge is 2.29. The maximum Gasteiger partial charge on any atom is 0.233 e. The third-order valence-electron chi connectivity index (χ3n) is 4.48. The van der Waals surface area contributed by atoms with Crippen LogP contribution in [0.15, 0.2) is 47.9 Å². The first-order valence-electron chi connectivity index (χ1n) is 8.15. The molecule has 0 saturated carbocycles. The number of nitrogens with zero attached hydrogens (tertiary/aromatic N) is 5. The Morgan fingerprint density at radius 2 is 2.12 bits per heavy atom. The number of amides is 1. The second-order valence-electron chi connectivity index (χ2n) is 5.84. The zero-order chi connectivity index (χ0) is 16.5. The van der Waals surface area contributed by atoms with Crippen molar-refractivity contribution in [2.24, 2.45) is 0 Å². The van der Waals surface area contributed by atoms with E-state index in [1.165, 1.54) is 17.5 Å². The number of fused-ring (bicyclic) bond motifs is 2. The third kappa shape index (κ3) is 2.58. The van der Waals surface area contributed by atoms with Gasteiger partial charge in [0.1, 0.15) is 0 Å². The van der Waals surface area contributed by atoms with Crippen LogP contribution < -0.4 is 0 Å². The molecule has 124 valence electrons. The van der Waals surface area contributed by atoms with Gasteiger partial charge in [0.2, 0.25) is 5.91 Å². The summed E-state index contributed by atoms with van der Waals surface area (Å²) in [5.41, 5.74) is 2.03. The lowest BCUT2D eigenvalue weighted by atomic mass is 10.1. The summed E-state index contributed by atoms with van der Waals surface area (Å²) in [5.74, 6) is 0.541. The van der Waals surface area contributed by atoms with Crippen LogP contribution >= 0.6 is 11.8 Å². The maximum atomic E-state index is 12.8. The first-order chi connectivity index (χ1) is 11.8. The second-order valence-corrected chi connectivity index (χ2v) is 6.78. The maximum absolute atomic E-state index is 12.8. The summed E-state index contributed by atoms with van der Waals surface area (Å²) in [4.78, 5) is 14.8. The van der Waals surface area contributed by atoms with Gasteiger partial charge in [-0.3, -0.25) is 9.20 Å². The van der Waals surface area contributed by atoms with Gasteiger partial charge in [-0.2, -0.15) is 0 Å². The molecule has 6 nitrogen and oxygen atoms in total. The van der Waals surface area contributed by atoms with Gasteiger partial charge in [-0.25, -0.2) is 0 Å². The molecule has 3 aromatic rings. The van der Waals surface area contributed by atoms with Crippen LogP contribution in [-0.2, 0) is 11.3 Å². The van der Waals surface area contributed by atoms with Crippen molar-refractivity contribution in [1.82, 2.24) is 24.1 Å². The summed E-state index contributed by atoms with van der Waals surface area (Å²) in [5, 5.41) is 9.06. The molecule has 0 radical (unpaired) electrons. The lowest BCUT2D eigenvalue weighted by molar-refractivity contribution is -0.132. The number of carbonyl (C=O) groups excluding carboxylic acids is 1. The molecule has 0 saturated heterocycles. The number of rotatable bonds is 4. The molecular weight excluding hydrogens is 322 g/mol. The van der Waals surface area contributed by atoms with Crippen LogP contribution in [0.5, 0.6) is 0 Å². The minimum absolute atomic E-state index is 0.159. The zero-order valence-electron chi connectivity index (χ0n) is 13.5. The van der Waals surface area contributed by atoms with E-state index >= 15 is 0 Å². The van der Waals surface area contributed by atoms with Crippen molar-refractivity contribution in [3.05, 3.63) is 48.4 Å². The van der Waals surface area contributed by atoms with Crippen molar-refractivity contribution < 1.29 is 4.79 Å². The molecule has 0 aliphatic carbocycles. The SMILES string of the molecule is CC[C@@H]1c2cccn2CCN1C(=O)CSc1nnc2ccccn12. The molecule has 0 bridgehead atoms. The van der Waals surface area contributed by atoms with Gasteiger partial charge in [-0.05, 0) is 30.7 Å². The van der Waals surface area contributed by atoms with Crippen molar-refractivity contribution >= 4 is 23.3 Å². The zero-order valence-corrected chi connectivity index (χ0v) is 14.3. The molecule has 0 N–H and O–H groups in total. The van der Waals surface area contributed by atoms with E-state index in [1.807, 2.05) is 33.7 Å². The first kappa shape index (κ1) is 15.3. The molecule has 1 aliphatic heterocycles. The molecule has 0 unspecified atom stereocenters. The highest BCUT2D eigenvalue weighted by Crippen LogP contribution is 2.29. The van der Waals surface area contributed by atoms with E-state index in [0.29, 0.717) is 5.75 Å². The summed E-state index contributed by atoms with van der Waals surface area (Å²) in [6.45, 7) is 3.76. The predicted molar refractivity (Wildman–Crippen MR) is 92.9 cm³/mol. The van der Waals surface area contributed by atoms with Gasteiger partial charge in [-0.15, -0.1) is 10.2 Å². The third-order valence-corrected chi connectivity index (χ3v) is 5.41. The molecule has 4 heterocycles. The van der Waals surface area contributed by atoms with Crippen molar-refractivity contribution in [3.8, 4) is 0 Å². The molecule has 1 atom stereocenters. The Kier molecular flexibility index (Phi) is 4.02. The normalized spacial score (nSPS) is 17.2. The fourth-order valence-electron chi connectivity index (χ4n) is 3.32. The van der Waals surface area contributed by atoms with Crippen molar-refractivity contribution in [2.75, 3.05) is 12.3 Å².